The van der Waals surface area contributed by atoms with Crippen LogP contribution < -0.4 is 0 Å². The van der Waals surface area contributed by atoms with Gasteiger partial charge in [0.1, 0.15) is 0 Å². The molecule has 0 aliphatic rings. The Bertz CT molecular complexity index is 1040. The van der Waals surface area contributed by atoms with Crippen molar-refractivity contribution in [3.05, 3.63) is 84.1 Å². The van der Waals surface area contributed by atoms with Crippen molar-refractivity contribution < 1.29 is 8.42 Å². The van der Waals surface area contributed by atoms with Crippen molar-refractivity contribution >= 4 is 27.0 Å². The van der Waals surface area contributed by atoms with Crippen LogP contribution in [0.2, 0.25) is 0 Å². The van der Waals surface area contributed by atoms with E-state index in [0.717, 1.165) is 16.5 Å². The van der Waals surface area contributed by atoms with Crippen LogP contribution in [0.5, 0.6) is 0 Å². The Hall–Kier alpha value is -2.59. The molecule has 0 radical (unpaired) electrons. The predicted octanol–water partition coefficient (Wildman–Crippen LogP) is 4.78. The number of rotatable bonds is 4. The van der Waals surface area contributed by atoms with E-state index in [1.807, 2.05) is 50.3 Å². The van der Waals surface area contributed by atoms with Gasteiger partial charge in [0, 0.05) is 5.39 Å². The standard InChI is InChI=1S/C20H19NO2S/c1-15(2)13-14-19-16(3)18-11-7-8-12-20(18)21(19)24(22,23)17-9-5-4-6-10-17/h4-14H,1H2,2-3H3/b14-13+. The van der Waals surface area contributed by atoms with Crippen LogP contribution in [0, 0.1) is 6.92 Å². The average molecular weight is 337 g/mol. The van der Waals surface area contributed by atoms with Crippen LogP contribution in [-0.4, -0.2) is 12.4 Å². The lowest BCUT2D eigenvalue weighted by Crippen LogP contribution is -2.14. The summed E-state index contributed by atoms with van der Waals surface area (Å²) < 4.78 is 27.9. The molecule has 0 fully saturated rings. The molecule has 0 N–H and O–H groups in total. The highest BCUT2D eigenvalue weighted by atomic mass is 32.2. The fourth-order valence-corrected chi connectivity index (χ4v) is 4.35. The molecule has 0 unspecified atom stereocenters. The molecule has 0 saturated heterocycles. The lowest BCUT2D eigenvalue weighted by Gasteiger charge is -2.10. The van der Waals surface area contributed by atoms with Crippen LogP contribution in [0.15, 0.2) is 77.7 Å². The second-order valence-electron chi connectivity index (χ2n) is 5.79. The fourth-order valence-electron chi connectivity index (χ4n) is 2.76. The van der Waals surface area contributed by atoms with Gasteiger partial charge in [-0.05, 0) is 43.7 Å². The molecular weight excluding hydrogens is 318 g/mol. The number of benzene rings is 2. The van der Waals surface area contributed by atoms with Crippen molar-refractivity contribution in [2.24, 2.45) is 0 Å². The Kier molecular flexibility index (Phi) is 4.16. The first-order valence-corrected chi connectivity index (χ1v) is 9.11. The minimum absolute atomic E-state index is 0.274. The number of allylic oxidation sites excluding steroid dienone is 2. The van der Waals surface area contributed by atoms with Crippen LogP contribution in [0.3, 0.4) is 0 Å². The molecule has 0 atom stereocenters. The highest BCUT2D eigenvalue weighted by Crippen LogP contribution is 2.30. The van der Waals surface area contributed by atoms with E-state index in [1.165, 1.54) is 3.97 Å². The number of fused-ring (bicyclic) bond motifs is 1. The van der Waals surface area contributed by atoms with Crippen LogP contribution >= 0.6 is 0 Å². The summed E-state index contributed by atoms with van der Waals surface area (Å²) >= 11 is 0. The third kappa shape index (κ3) is 2.69. The maximum atomic E-state index is 13.2. The van der Waals surface area contributed by atoms with E-state index in [-0.39, 0.29) is 4.90 Å². The molecule has 2 aromatic carbocycles. The zero-order valence-corrected chi connectivity index (χ0v) is 14.5. The van der Waals surface area contributed by atoms with Gasteiger partial charge in [0.05, 0.1) is 16.1 Å². The molecule has 0 bridgehead atoms. The van der Waals surface area contributed by atoms with E-state index in [4.69, 9.17) is 0 Å². The molecule has 1 heterocycles. The van der Waals surface area contributed by atoms with E-state index in [0.29, 0.717) is 11.2 Å². The summed E-state index contributed by atoms with van der Waals surface area (Å²) in [6.07, 6.45) is 3.65. The molecule has 0 aliphatic heterocycles. The van der Waals surface area contributed by atoms with Crippen molar-refractivity contribution in [1.29, 1.82) is 0 Å². The average Bonchev–Trinajstić information content (AvgIpc) is 2.87. The summed E-state index contributed by atoms with van der Waals surface area (Å²) in [5, 5.41) is 0.929. The third-order valence-electron chi connectivity index (χ3n) is 3.94. The molecule has 3 aromatic rings. The Balaban J connectivity index is 2.38. The van der Waals surface area contributed by atoms with Gasteiger partial charge in [-0.15, -0.1) is 0 Å². The van der Waals surface area contributed by atoms with Gasteiger partial charge in [-0.1, -0.05) is 54.6 Å². The van der Waals surface area contributed by atoms with Crippen molar-refractivity contribution in [2.45, 2.75) is 18.7 Å². The largest absolute Gasteiger partial charge is 0.268 e. The summed E-state index contributed by atoms with van der Waals surface area (Å²) in [6, 6.07) is 16.0. The van der Waals surface area contributed by atoms with Crippen molar-refractivity contribution in [1.82, 2.24) is 3.97 Å². The van der Waals surface area contributed by atoms with Crippen LogP contribution in [-0.2, 0) is 10.0 Å². The fraction of sp³-hybridized carbons (Fsp3) is 0.100. The number of aryl methyl sites for hydroxylation is 1. The molecule has 3 nitrogen and oxygen atoms in total. The van der Waals surface area contributed by atoms with E-state index in [9.17, 15) is 8.42 Å². The Morgan fingerprint density at radius 3 is 2.33 bits per heavy atom. The van der Waals surface area contributed by atoms with Gasteiger partial charge in [-0.25, -0.2) is 12.4 Å². The van der Waals surface area contributed by atoms with Crippen molar-refractivity contribution in [3.63, 3.8) is 0 Å². The predicted molar refractivity (Wildman–Crippen MR) is 99.5 cm³/mol. The zero-order valence-electron chi connectivity index (χ0n) is 13.7. The molecule has 3 rings (SSSR count). The molecule has 0 saturated carbocycles. The number of aromatic nitrogens is 1. The van der Waals surface area contributed by atoms with Crippen LogP contribution in [0.4, 0.5) is 0 Å². The first kappa shape index (κ1) is 16.3. The van der Waals surface area contributed by atoms with E-state index in [1.54, 1.807) is 30.3 Å². The molecule has 24 heavy (non-hydrogen) atoms. The number of nitrogens with zero attached hydrogens (tertiary/aromatic N) is 1. The van der Waals surface area contributed by atoms with E-state index >= 15 is 0 Å². The van der Waals surface area contributed by atoms with Gasteiger partial charge in [-0.2, -0.15) is 0 Å². The SMILES string of the molecule is C=C(C)/C=C/c1c(C)c2ccccc2n1S(=O)(=O)c1ccccc1. The first-order chi connectivity index (χ1) is 11.4. The Labute approximate surface area is 142 Å². The van der Waals surface area contributed by atoms with Gasteiger partial charge < -0.3 is 0 Å². The van der Waals surface area contributed by atoms with Gasteiger partial charge in [0.15, 0.2) is 0 Å². The Morgan fingerprint density at radius 2 is 1.67 bits per heavy atom. The lowest BCUT2D eigenvalue weighted by atomic mass is 10.1. The maximum absolute atomic E-state index is 13.2. The van der Waals surface area contributed by atoms with Gasteiger partial charge >= 0.3 is 0 Å². The highest BCUT2D eigenvalue weighted by Gasteiger charge is 2.23. The third-order valence-corrected chi connectivity index (χ3v) is 5.68. The first-order valence-electron chi connectivity index (χ1n) is 7.67. The van der Waals surface area contributed by atoms with Gasteiger partial charge in [-0.3, -0.25) is 0 Å². The summed E-state index contributed by atoms with van der Waals surface area (Å²) in [4.78, 5) is 0.274. The second kappa shape index (κ2) is 6.13. The molecule has 4 heteroatoms. The van der Waals surface area contributed by atoms with Crippen molar-refractivity contribution in [2.75, 3.05) is 0 Å². The van der Waals surface area contributed by atoms with Gasteiger partial charge in [0.2, 0.25) is 0 Å². The topological polar surface area (TPSA) is 39.1 Å². The maximum Gasteiger partial charge on any atom is 0.268 e. The summed E-state index contributed by atoms with van der Waals surface area (Å²) in [6.45, 7) is 7.68. The van der Waals surface area contributed by atoms with Crippen LogP contribution in [0.25, 0.3) is 17.0 Å². The zero-order chi connectivity index (χ0) is 17.3. The molecule has 122 valence electrons. The molecule has 0 amide bonds. The molecule has 0 spiro atoms. The minimum atomic E-state index is -3.69. The quantitative estimate of drug-likeness (QED) is 0.643. The lowest BCUT2D eigenvalue weighted by molar-refractivity contribution is 0.588. The van der Waals surface area contributed by atoms with E-state index < -0.39 is 10.0 Å². The minimum Gasteiger partial charge on any atom is -0.234 e. The number of para-hydroxylation sites is 1. The van der Waals surface area contributed by atoms with Crippen LogP contribution in [0.1, 0.15) is 18.2 Å². The summed E-state index contributed by atoms with van der Waals surface area (Å²) in [7, 11) is -3.69. The van der Waals surface area contributed by atoms with E-state index in [2.05, 4.69) is 6.58 Å². The second-order valence-corrected chi connectivity index (χ2v) is 7.58. The van der Waals surface area contributed by atoms with Gasteiger partial charge in [0.25, 0.3) is 10.0 Å². The smallest absolute Gasteiger partial charge is 0.234 e. The molecule has 1 aromatic heterocycles. The molecule has 0 aliphatic carbocycles. The molecular formula is C20H19NO2S. The highest BCUT2D eigenvalue weighted by molar-refractivity contribution is 7.90. The summed E-state index contributed by atoms with van der Waals surface area (Å²) in [5.41, 5.74) is 3.13. The normalized spacial score (nSPS) is 12.1. The Morgan fingerprint density at radius 1 is 1.04 bits per heavy atom. The summed E-state index contributed by atoms with van der Waals surface area (Å²) in [5.74, 6) is 0. The number of hydrogen-bond donors (Lipinski definition) is 0. The monoisotopic (exact) mass is 337 g/mol. The van der Waals surface area contributed by atoms with Crippen molar-refractivity contribution in [3.8, 4) is 0 Å². The number of hydrogen-bond acceptors (Lipinski definition) is 2.